The molecule has 0 unspecified atom stereocenters. The fraction of sp³-hybridized carbons (Fsp3) is 0.391. The molecule has 0 saturated carbocycles. The summed E-state index contributed by atoms with van der Waals surface area (Å²) in [6.07, 6.45) is 6.81. The minimum atomic E-state index is -0.217. The van der Waals surface area contributed by atoms with Crippen molar-refractivity contribution in [1.29, 1.82) is 0 Å². The summed E-state index contributed by atoms with van der Waals surface area (Å²) in [7, 11) is 1.62. The first kappa shape index (κ1) is 19.3. The van der Waals surface area contributed by atoms with Crippen LogP contribution in [0.25, 0.3) is 11.0 Å². The second-order valence-corrected chi connectivity index (χ2v) is 7.52. The molecule has 4 rings (SSSR count). The molecule has 0 bridgehead atoms. The predicted octanol–water partition coefficient (Wildman–Crippen LogP) is 4.46. The Morgan fingerprint density at radius 1 is 1.17 bits per heavy atom. The number of pyridine rings is 1. The van der Waals surface area contributed by atoms with Crippen molar-refractivity contribution in [1.82, 2.24) is 10.3 Å². The van der Waals surface area contributed by atoms with Crippen LogP contribution in [0, 0.1) is 6.92 Å². The van der Waals surface area contributed by atoms with Crippen molar-refractivity contribution < 1.29 is 13.9 Å². The van der Waals surface area contributed by atoms with E-state index in [1.54, 1.807) is 7.11 Å². The van der Waals surface area contributed by atoms with Gasteiger partial charge >= 0.3 is 0 Å². The van der Waals surface area contributed by atoms with E-state index in [0.29, 0.717) is 17.9 Å². The van der Waals surface area contributed by atoms with E-state index >= 15 is 0 Å². The van der Waals surface area contributed by atoms with Gasteiger partial charge in [-0.3, -0.25) is 4.79 Å². The van der Waals surface area contributed by atoms with Crippen LogP contribution < -0.4 is 15.0 Å². The van der Waals surface area contributed by atoms with Crippen molar-refractivity contribution >= 4 is 22.7 Å². The molecule has 1 aromatic carbocycles. The van der Waals surface area contributed by atoms with Crippen LogP contribution in [-0.4, -0.2) is 31.1 Å². The monoisotopic (exact) mass is 393 g/mol. The molecule has 0 spiro atoms. The fourth-order valence-electron chi connectivity index (χ4n) is 3.85. The SMILES string of the molecule is COc1ccc2oc(C(=O)NCc3ccnc(N4CCCCCC4)c3)c(C)c2c1. The third kappa shape index (κ3) is 4.21. The molecular formula is C23H27N3O3. The highest BCUT2D eigenvalue weighted by atomic mass is 16.5. The van der Waals surface area contributed by atoms with Gasteiger partial charge in [0.25, 0.3) is 5.91 Å². The summed E-state index contributed by atoms with van der Waals surface area (Å²) in [5.41, 5.74) is 2.53. The number of nitrogens with zero attached hydrogens (tertiary/aromatic N) is 2. The van der Waals surface area contributed by atoms with Crippen LogP contribution in [0.1, 0.15) is 47.4 Å². The third-order valence-electron chi connectivity index (χ3n) is 5.54. The summed E-state index contributed by atoms with van der Waals surface area (Å²) >= 11 is 0. The zero-order valence-electron chi connectivity index (χ0n) is 17.0. The quantitative estimate of drug-likeness (QED) is 0.693. The first-order valence-corrected chi connectivity index (χ1v) is 10.2. The number of aryl methyl sites for hydroxylation is 1. The van der Waals surface area contributed by atoms with Crippen LogP contribution in [0.3, 0.4) is 0 Å². The Morgan fingerprint density at radius 3 is 2.72 bits per heavy atom. The van der Waals surface area contributed by atoms with Crippen molar-refractivity contribution in [3.63, 3.8) is 0 Å². The van der Waals surface area contributed by atoms with Gasteiger partial charge in [0.2, 0.25) is 0 Å². The Kier molecular flexibility index (Phi) is 5.69. The average molecular weight is 393 g/mol. The van der Waals surface area contributed by atoms with Crippen LogP contribution in [0.15, 0.2) is 40.9 Å². The highest BCUT2D eigenvalue weighted by Crippen LogP contribution is 2.28. The van der Waals surface area contributed by atoms with Crippen LogP contribution >= 0.6 is 0 Å². The minimum Gasteiger partial charge on any atom is -0.497 e. The number of hydrogen-bond donors (Lipinski definition) is 1. The van der Waals surface area contributed by atoms with Crippen LogP contribution in [0.5, 0.6) is 5.75 Å². The number of furan rings is 1. The lowest BCUT2D eigenvalue weighted by Gasteiger charge is -2.21. The molecule has 1 N–H and O–H groups in total. The van der Waals surface area contributed by atoms with Gasteiger partial charge in [-0.05, 0) is 55.7 Å². The van der Waals surface area contributed by atoms with E-state index in [2.05, 4.69) is 21.3 Å². The Labute approximate surface area is 170 Å². The number of ether oxygens (including phenoxy) is 1. The summed E-state index contributed by atoms with van der Waals surface area (Å²) in [6.45, 7) is 4.42. The molecule has 1 fully saturated rings. The number of benzene rings is 1. The number of anilines is 1. The van der Waals surface area contributed by atoms with Crippen molar-refractivity contribution in [2.24, 2.45) is 0 Å². The number of nitrogens with one attached hydrogen (secondary N) is 1. The van der Waals surface area contributed by atoms with E-state index in [1.807, 2.05) is 37.4 Å². The molecule has 0 aliphatic carbocycles. The summed E-state index contributed by atoms with van der Waals surface area (Å²) in [5.74, 6) is 1.86. The third-order valence-corrected chi connectivity index (χ3v) is 5.54. The molecule has 0 radical (unpaired) electrons. The summed E-state index contributed by atoms with van der Waals surface area (Å²) < 4.78 is 11.1. The van der Waals surface area contributed by atoms with Gasteiger partial charge in [0.15, 0.2) is 5.76 Å². The van der Waals surface area contributed by atoms with Gasteiger partial charge in [-0.1, -0.05) is 12.8 Å². The standard InChI is InChI=1S/C23H27N3O3/c1-16-19-14-18(28-2)7-8-20(19)29-22(16)23(27)25-15-17-9-10-24-21(13-17)26-11-5-3-4-6-12-26/h7-10,13-14H,3-6,11-12,15H2,1-2H3,(H,25,27). The van der Waals surface area contributed by atoms with E-state index in [0.717, 1.165) is 41.2 Å². The molecule has 1 aliphatic heterocycles. The number of fused-ring (bicyclic) bond motifs is 1. The molecule has 1 aliphatic rings. The largest absolute Gasteiger partial charge is 0.497 e. The summed E-state index contributed by atoms with van der Waals surface area (Å²) in [6, 6.07) is 9.56. The van der Waals surface area contributed by atoms with Crippen LogP contribution in [0.2, 0.25) is 0 Å². The Bertz CT molecular complexity index is 1000. The molecule has 6 heteroatoms. The molecule has 3 aromatic rings. The van der Waals surface area contributed by atoms with E-state index < -0.39 is 0 Å². The van der Waals surface area contributed by atoms with Gasteiger partial charge in [-0.2, -0.15) is 0 Å². The van der Waals surface area contributed by atoms with Gasteiger partial charge in [0.1, 0.15) is 17.2 Å². The number of carbonyl (C=O) groups is 1. The van der Waals surface area contributed by atoms with E-state index in [9.17, 15) is 4.79 Å². The fourth-order valence-corrected chi connectivity index (χ4v) is 3.85. The van der Waals surface area contributed by atoms with Gasteiger partial charge < -0.3 is 19.4 Å². The topological polar surface area (TPSA) is 67.6 Å². The zero-order valence-corrected chi connectivity index (χ0v) is 17.0. The summed E-state index contributed by atoms with van der Waals surface area (Å²) in [4.78, 5) is 19.6. The molecule has 6 nitrogen and oxygen atoms in total. The molecular weight excluding hydrogens is 366 g/mol. The second-order valence-electron chi connectivity index (χ2n) is 7.52. The Balaban J connectivity index is 1.46. The van der Waals surface area contributed by atoms with E-state index in [1.165, 1.54) is 25.7 Å². The Morgan fingerprint density at radius 2 is 1.97 bits per heavy atom. The minimum absolute atomic E-state index is 0.217. The van der Waals surface area contributed by atoms with Gasteiger partial charge in [-0.15, -0.1) is 0 Å². The molecule has 3 heterocycles. The predicted molar refractivity (Wildman–Crippen MR) is 114 cm³/mol. The average Bonchev–Trinajstić information content (AvgIpc) is 2.92. The maximum Gasteiger partial charge on any atom is 0.287 e. The lowest BCUT2D eigenvalue weighted by molar-refractivity contribution is 0.0924. The molecule has 1 saturated heterocycles. The second kappa shape index (κ2) is 8.55. The van der Waals surface area contributed by atoms with Crippen molar-refractivity contribution in [2.45, 2.75) is 39.2 Å². The van der Waals surface area contributed by atoms with Crippen molar-refractivity contribution in [3.05, 3.63) is 53.4 Å². The lowest BCUT2D eigenvalue weighted by atomic mass is 10.1. The molecule has 0 atom stereocenters. The highest BCUT2D eigenvalue weighted by molar-refractivity contribution is 5.99. The van der Waals surface area contributed by atoms with Gasteiger partial charge in [-0.25, -0.2) is 4.98 Å². The number of hydrogen-bond acceptors (Lipinski definition) is 5. The Hall–Kier alpha value is -3.02. The molecule has 2 aromatic heterocycles. The smallest absolute Gasteiger partial charge is 0.287 e. The number of carbonyl (C=O) groups excluding carboxylic acids is 1. The maximum atomic E-state index is 12.7. The zero-order chi connectivity index (χ0) is 20.2. The van der Waals surface area contributed by atoms with Gasteiger partial charge in [0.05, 0.1) is 7.11 Å². The first-order chi connectivity index (χ1) is 14.2. The molecule has 29 heavy (non-hydrogen) atoms. The van der Waals surface area contributed by atoms with Crippen molar-refractivity contribution in [3.8, 4) is 5.75 Å². The van der Waals surface area contributed by atoms with Gasteiger partial charge in [0, 0.05) is 36.8 Å². The molecule has 1 amide bonds. The normalized spacial score (nSPS) is 14.6. The number of aromatic nitrogens is 1. The lowest BCUT2D eigenvalue weighted by Crippen LogP contribution is -2.26. The van der Waals surface area contributed by atoms with Crippen LogP contribution in [-0.2, 0) is 6.54 Å². The first-order valence-electron chi connectivity index (χ1n) is 10.2. The van der Waals surface area contributed by atoms with E-state index in [-0.39, 0.29) is 5.91 Å². The van der Waals surface area contributed by atoms with Crippen LogP contribution in [0.4, 0.5) is 5.82 Å². The van der Waals surface area contributed by atoms with E-state index in [4.69, 9.17) is 9.15 Å². The van der Waals surface area contributed by atoms with Crippen molar-refractivity contribution in [2.75, 3.05) is 25.1 Å². The number of methoxy groups -OCH3 is 1. The molecule has 152 valence electrons. The highest BCUT2D eigenvalue weighted by Gasteiger charge is 2.18. The maximum absolute atomic E-state index is 12.7. The number of rotatable bonds is 5. The number of amides is 1. The summed E-state index contributed by atoms with van der Waals surface area (Å²) in [5, 5.41) is 3.87.